The SMILES string of the molecule is O=C(Nc1ccc(NC2=NCCN2)c(Cl)c1)c1ccc(NC2=NCCN2)cc1Cl.O=C(O)C(F)(F)F.O=C(O)C(F)(F)F. The molecule has 0 spiro atoms. The molecular formula is C23H21Cl2F6N7O5. The van der Waals surface area contributed by atoms with Crippen molar-refractivity contribution >= 4 is 70.0 Å². The largest absolute Gasteiger partial charge is 0.490 e. The van der Waals surface area contributed by atoms with Crippen LogP contribution in [0.15, 0.2) is 46.4 Å². The molecule has 2 aliphatic heterocycles. The van der Waals surface area contributed by atoms with E-state index in [4.69, 9.17) is 43.0 Å². The van der Waals surface area contributed by atoms with Gasteiger partial charge in [0.15, 0.2) is 11.9 Å². The molecule has 0 atom stereocenters. The number of guanidine groups is 2. The highest BCUT2D eigenvalue weighted by Crippen LogP contribution is 2.27. The van der Waals surface area contributed by atoms with Crippen LogP contribution in [0.25, 0.3) is 0 Å². The minimum atomic E-state index is -5.08. The molecule has 2 aliphatic rings. The van der Waals surface area contributed by atoms with Gasteiger partial charge in [0, 0.05) is 24.5 Å². The molecule has 1 amide bonds. The second kappa shape index (κ2) is 15.1. The van der Waals surface area contributed by atoms with Gasteiger partial charge in [-0.3, -0.25) is 14.8 Å². The van der Waals surface area contributed by atoms with Crippen molar-refractivity contribution in [2.45, 2.75) is 12.4 Å². The molecule has 2 heterocycles. The van der Waals surface area contributed by atoms with Crippen LogP contribution in [0.4, 0.5) is 43.4 Å². The molecule has 0 saturated heterocycles. The molecule has 20 heteroatoms. The van der Waals surface area contributed by atoms with Crippen LogP contribution in [0.3, 0.4) is 0 Å². The molecule has 2 aromatic carbocycles. The highest BCUT2D eigenvalue weighted by molar-refractivity contribution is 6.35. The van der Waals surface area contributed by atoms with Gasteiger partial charge in [0.2, 0.25) is 0 Å². The lowest BCUT2D eigenvalue weighted by molar-refractivity contribution is -0.193. The van der Waals surface area contributed by atoms with E-state index in [1.54, 1.807) is 36.4 Å². The van der Waals surface area contributed by atoms with Gasteiger partial charge >= 0.3 is 24.3 Å². The highest BCUT2D eigenvalue weighted by atomic mass is 35.5. The molecule has 0 aromatic heterocycles. The summed E-state index contributed by atoms with van der Waals surface area (Å²) < 4.78 is 63.5. The fraction of sp³-hybridized carbons (Fsp3) is 0.261. The summed E-state index contributed by atoms with van der Waals surface area (Å²) in [7, 11) is 0. The van der Waals surface area contributed by atoms with E-state index < -0.39 is 24.3 Å². The minimum Gasteiger partial charge on any atom is -0.475 e. The van der Waals surface area contributed by atoms with Crippen molar-refractivity contribution in [3.8, 4) is 0 Å². The Morgan fingerprint density at radius 1 is 0.744 bits per heavy atom. The number of rotatable bonds is 4. The lowest BCUT2D eigenvalue weighted by atomic mass is 10.2. The van der Waals surface area contributed by atoms with E-state index in [-0.39, 0.29) is 5.91 Å². The number of halogens is 8. The summed E-state index contributed by atoms with van der Waals surface area (Å²) in [5.74, 6) is -4.46. The summed E-state index contributed by atoms with van der Waals surface area (Å²) in [6.45, 7) is 3.07. The van der Waals surface area contributed by atoms with Crippen LogP contribution in [0.2, 0.25) is 10.0 Å². The number of anilines is 3. The van der Waals surface area contributed by atoms with Crippen LogP contribution >= 0.6 is 23.2 Å². The maximum atomic E-state index is 12.6. The zero-order valence-electron chi connectivity index (χ0n) is 21.3. The molecule has 7 N–H and O–H groups in total. The van der Waals surface area contributed by atoms with Crippen LogP contribution in [0.5, 0.6) is 0 Å². The number of hydrogen-bond donors (Lipinski definition) is 7. The molecule has 12 nitrogen and oxygen atoms in total. The number of benzene rings is 2. The zero-order chi connectivity index (χ0) is 32.4. The molecule has 0 radical (unpaired) electrons. The van der Waals surface area contributed by atoms with Crippen molar-refractivity contribution in [1.82, 2.24) is 10.6 Å². The first-order valence-corrected chi connectivity index (χ1v) is 12.3. The molecule has 0 fully saturated rings. The van der Waals surface area contributed by atoms with Crippen molar-refractivity contribution in [1.29, 1.82) is 0 Å². The predicted octanol–water partition coefficient (Wildman–Crippen LogP) is 4.25. The van der Waals surface area contributed by atoms with E-state index in [9.17, 15) is 31.1 Å². The van der Waals surface area contributed by atoms with Gasteiger partial charge in [0.25, 0.3) is 5.91 Å². The van der Waals surface area contributed by atoms with Gasteiger partial charge in [-0.2, -0.15) is 26.3 Å². The van der Waals surface area contributed by atoms with E-state index in [2.05, 4.69) is 36.6 Å². The lowest BCUT2D eigenvalue weighted by Crippen LogP contribution is -2.26. The molecule has 0 unspecified atom stereocenters. The summed E-state index contributed by atoms with van der Waals surface area (Å²) in [5, 5.41) is 30.3. The van der Waals surface area contributed by atoms with Crippen molar-refractivity contribution in [3.05, 3.63) is 52.0 Å². The smallest absolute Gasteiger partial charge is 0.475 e. The Bertz CT molecular complexity index is 1380. The van der Waals surface area contributed by atoms with Crippen molar-refractivity contribution in [2.24, 2.45) is 9.98 Å². The topological polar surface area (TPSA) is 177 Å². The van der Waals surface area contributed by atoms with Crippen LogP contribution in [0.1, 0.15) is 10.4 Å². The normalized spacial score (nSPS) is 13.9. The van der Waals surface area contributed by atoms with Gasteiger partial charge < -0.3 is 36.8 Å². The van der Waals surface area contributed by atoms with Gasteiger partial charge in [-0.1, -0.05) is 23.2 Å². The first kappa shape index (κ1) is 34.7. The van der Waals surface area contributed by atoms with Gasteiger partial charge in [-0.25, -0.2) is 9.59 Å². The van der Waals surface area contributed by atoms with Gasteiger partial charge in [-0.15, -0.1) is 0 Å². The van der Waals surface area contributed by atoms with Crippen LogP contribution in [-0.4, -0.2) is 78.5 Å². The number of carboxylic acids is 2. The quantitative estimate of drug-likeness (QED) is 0.236. The highest BCUT2D eigenvalue weighted by Gasteiger charge is 2.38. The molecule has 0 bridgehead atoms. The number of nitrogens with zero attached hydrogens (tertiary/aromatic N) is 2. The fourth-order valence-electron chi connectivity index (χ4n) is 2.90. The summed E-state index contributed by atoms with van der Waals surface area (Å²) in [4.78, 5) is 38.9. The Morgan fingerprint density at radius 2 is 1.21 bits per heavy atom. The second-order valence-corrected chi connectivity index (χ2v) is 8.83. The number of carboxylic acid groups (broad SMARTS) is 2. The number of carbonyl (C=O) groups excluding carboxylic acids is 1. The number of alkyl halides is 6. The summed E-state index contributed by atoms with van der Waals surface area (Å²) in [6, 6.07) is 10.3. The molecule has 43 heavy (non-hydrogen) atoms. The summed E-state index contributed by atoms with van der Waals surface area (Å²) >= 11 is 12.6. The lowest BCUT2D eigenvalue weighted by Gasteiger charge is -2.12. The van der Waals surface area contributed by atoms with Gasteiger partial charge in [0.1, 0.15) is 0 Å². The number of aliphatic carboxylic acids is 2. The molecular weight excluding hydrogens is 639 g/mol. The number of nitrogens with one attached hydrogen (secondary N) is 5. The first-order valence-electron chi connectivity index (χ1n) is 11.6. The summed E-state index contributed by atoms with van der Waals surface area (Å²) in [5.41, 5.74) is 2.38. The third-order valence-corrected chi connectivity index (χ3v) is 5.42. The molecule has 234 valence electrons. The van der Waals surface area contributed by atoms with E-state index in [1.807, 2.05) is 0 Å². The van der Waals surface area contributed by atoms with E-state index in [1.165, 1.54) is 0 Å². The number of carbonyl (C=O) groups is 3. The number of aliphatic imine (C=N–C) groups is 2. The molecule has 0 saturated carbocycles. The second-order valence-electron chi connectivity index (χ2n) is 8.01. The Kier molecular flexibility index (Phi) is 12.2. The fourth-order valence-corrected chi connectivity index (χ4v) is 3.39. The third kappa shape index (κ3) is 11.8. The Hall–Kier alpha value is -4.45. The van der Waals surface area contributed by atoms with E-state index in [0.29, 0.717) is 38.9 Å². The van der Waals surface area contributed by atoms with E-state index in [0.717, 1.165) is 31.9 Å². The maximum absolute atomic E-state index is 12.6. The Morgan fingerprint density at radius 3 is 1.63 bits per heavy atom. The average Bonchev–Trinajstić information content (AvgIpc) is 3.60. The van der Waals surface area contributed by atoms with Gasteiger partial charge in [-0.05, 0) is 36.4 Å². The van der Waals surface area contributed by atoms with Crippen molar-refractivity contribution < 1.29 is 50.9 Å². The van der Waals surface area contributed by atoms with Crippen LogP contribution in [0, 0.1) is 0 Å². The Balaban J connectivity index is 0.000000384. The monoisotopic (exact) mass is 659 g/mol. The number of amides is 1. The van der Waals surface area contributed by atoms with Crippen molar-refractivity contribution in [3.63, 3.8) is 0 Å². The van der Waals surface area contributed by atoms with Gasteiger partial charge in [0.05, 0.1) is 34.4 Å². The standard InChI is InChI=1S/C19H19Cl2N7O.2C2HF3O2/c20-14-9-12(27-18-22-5-6-23-18)1-3-13(14)17(29)26-11-2-4-16(15(21)10-11)28-19-24-7-8-25-19;2*3-2(4,5)1(6)7/h1-4,9-10H,5-8H2,(H,26,29)(H2,22,23,27)(H2,24,25,28);2*(H,6,7). The van der Waals surface area contributed by atoms with Crippen molar-refractivity contribution in [2.75, 3.05) is 42.1 Å². The molecule has 2 aromatic rings. The van der Waals surface area contributed by atoms with Crippen LogP contribution < -0.4 is 26.6 Å². The maximum Gasteiger partial charge on any atom is 0.490 e. The predicted molar refractivity (Wildman–Crippen MR) is 146 cm³/mol. The third-order valence-electron chi connectivity index (χ3n) is 4.79. The zero-order valence-corrected chi connectivity index (χ0v) is 22.8. The first-order chi connectivity index (χ1) is 20.0. The molecule has 4 rings (SSSR count). The summed E-state index contributed by atoms with van der Waals surface area (Å²) in [6.07, 6.45) is -10.2. The number of hydrogen-bond acceptors (Lipinski definition) is 9. The van der Waals surface area contributed by atoms with E-state index >= 15 is 0 Å². The minimum absolute atomic E-state index is 0.323. The Labute approximate surface area is 248 Å². The van der Waals surface area contributed by atoms with Crippen LogP contribution in [-0.2, 0) is 9.59 Å². The molecule has 0 aliphatic carbocycles. The average molecular weight is 660 g/mol.